The fraction of sp³-hybridized carbons (Fsp3) is 0.298. The predicted molar refractivity (Wildman–Crippen MR) is 291 cm³/mol. The van der Waals surface area contributed by atoms with E-state index < -0.39 is 128 Å². The molecule has 0 saturated heterocycles. The van der Waals surface area contributed by atoms with Crippen molar-refractivity contribution in [2.75, 3.05) is 26.2 Å². The maximum absolute atomic E-state index is 14.5. The van der Waals surface area contributed by atoms with E-state index in [-0.39, 0.29) is 37.9 Å². The number of carbonyl (C=O) groups is 10. The van der Waals surface area contributed by atoms with E-state index in [1.54, 1.807) is 121 Å². The van der Waals surface area contributed by atoms with Crippen LogP contribution in [0.2, 0.25) is 0 Å². The highest BCUT2D eigenvalue weighted by Gasteiger charge is 2.33. The zero-order valence-electron chi connectivity index (χ0n) is 43.8. The van der Waals surface area contributed by atoms with Crippen molar-refractivity contribution in [3.05, 3.63) is 173 Å². The highest BCUT2D eigenvalue weighted by Crippen LogP contribution is 2.14. The van der Waals surface area contributed by atoms with E-state index in [2.05, 4.69) is 47.9 Å². The van der Waals surface area contributed by atoms with Gasteiger partial charge in [-0.3, -0.25) is 43.2 Å². The molecule has 7 atom stereocenters. The summed E-state index contributed by atoms with van der Waals surface area (Å²) in [5.74, 6) is -8.93. The zero-order chi connectivity index (χ0) is 58.0. The number of phenols is 1. The number of hydrogen-bond acceptors (Lipinski definition) is 13. The molecular formula is C57H66N10O13. The Hall–Kier alpha value is -9.48. The van der Waals surface area contributed by atoms with Crippen molar-refractivity contribution in [3.63, 3.8) is 0 Å². The number of hydrogen-bond donors (Lipinski definition) is 13. The summed E-state index contributed by atoms with van der Waals surface area (Å²) in [4.78, 5) is 133. The van der Waals surface area contributed by atoms with E-state index in [4.69, 9.17) is 5.73 Å². The van der Waals surface area contributed by atoms with E-state index >= 15 is 0 Å². The van der Waals surface area contributed by atoms with Gasteiger partial charge in [0.25, 0.3) is 0 Å². The number of phenolic OH excluding ortho intramolecular Hbond substituents is 1. The van der Waals surface area contributed by atoms with Crippen LogP contribution in [0.15, 0.2) is 146 Å². The van der Waals surface area contributed by atoms with Gasteiger partial charge in [-0.05, 0) is 46.9 Å². The summed E-state index contributed by atoms with van der Waals surface area (Å²) >= 11 is 0. The molecule has 0 fully saturated rings. The average Bonchev–Trinajstić information content (AvgIpc) is 3.47. The molecule has 5 rings (SSSR count). The second-order valence-electron chi connectivity index (χ2n) is 18.6. The smallest absolute Gasteiger partial charge is 0.326 e. The SMILES string of the molecule is C[C@H](NC(=O)[C@H](Cc1ccccc1)NC(=O)[C@H](Cc1ccccc1)NC(=O)[C@H](Cc1ccc(O)cc1)NC(=O)[C@H](CO)NC(=O)CNC(=O)[C@H](Cc1ccccc1)NC(=O)CN)C(=O)NCC(=O)N[C@@H](Cc1ccccc1)C(=O)O. The molecule has 0 aliphatic rings. The third-order valence-corrected chi connectivity index (χ3v) is 12.3. The molecule has 0 unspecified atom stereocenters. The van der Waals surface area contributed by atoms with Gasteiger partial charge in [0.15, 0.2) is 0 Å². The minimum atomic E-state index is -1.68. The first kappa shape index (κ1) is 61.4. The van der Waals surface area contributed by atoms with E-state index in [9.17, 15) is 63.3 Å². The maximum atomic E-state index is 14.5. The van der Waals surface area contributed by atoms with Crippen LogP contribution in [0, 0.1) is 0 Å². The number of nitrogens with two attached hydrogens (primary N) is 1. The molecule has 0 radical (unpaired) electrons. The van der Waals surface area contributed by atoms with Crippen molar-refractivity contribution >= 4 is 59.1 Å². The number of aliphatic hydroxyl groups excluding tert-OH is 1. The van der Waals surface area contributed by atoms with Gasteiger partial charge in [-0.1, -0.05) is 133 Å². The summed E-state index contributed by atoms with van der Waals surface area (Å²) < 4.78 is 0. The van der Waals surface area contributed by atoms with E-state index in [1.807, 2.05) is 0 Å². The lowest BCUT2D eigenvalue weighted by Crippen LogP contribution is -2.60. The fourth-order valence-electron chi connectivity index (χ4n) is 8.05. The largest absolute Gasteiger partial charge is 0.508 e. The number of rotatable bonds is 30. The molecule has 0 aromatic heterocycles. The number of carbonyl (C=O) groups excluding carboxylic acids is 9. The first-order chi connectivity index (χ1) is 38.4. The third kappa shape index (κ3) is 20.8. The molecule has 9 amide bonds. The normalized spacial score (nSPS) is 13.4. The summed E-state index contributed by atoms with van der Waals surface area (Å²) in [5.41, 5.74) is 8.41. The van der Waals surface area contributed by atoms with Crippen molar-refractivity contribution in [1.82, 2.24) is 47.9 Å². The number of carboxylic acid groups (broad SMARTS) is 1. The van der Waals surface area contributed by atoms with Crippen LogP contribution >= 0.6 is 0 Å². The lowest BCUT2D eigenvalue weighted by Gasteiger charge is -2.27. The second-order valence-corrected chi connectivity index (χ2v) is 18.6. The summed E-state index contributed by atoms with van der Waals surface area (Å²) in [6.45, 7) is -1.35. The second kappa shape index (κ2) is 31.7. The van der Waals surface area contributed by atoms with Crippen LogP contribution < -0.4 is 53.6 Å². The Labute approximate surface area is 461 Å². The van der Waals surface area contributed by atoms with Crippen LogP contribution in [0.25, 0.3) is 0 Å². The molecule has 422 valence electrons. The van der Waals surface area contributed by atoms with Crippen LogP contribution in [0.1, 0.15) is 34.7 Å². The van der Waals surface area contributed by atoms with Crippen LogP contribution in [0.5, 0.6) is 5.75 Å². The summed E-state index contributed by atoms with van der Waals surface area (Å²) in [6, 6.07) is 30.4. The van der Waals surface area contributed by atoms with Crippen LogP contribution in [0.4, 0.5) is 0 Å². The minimum Gasteiger partial charge on any atom is -0.508 e. The minimum absolute atomic E-state index is 0.0143. The molecule has 23 heteroatoms. The Morgan fingerprint density at radius 3 is 1.07 bits per heavy atom. The van der Waals surface area contributed by atoms with Crippen LogP contribution in [-0.2, 0) is 80.0 Å². The van der Waals surface area contributed by atoms with Gasteiger partial charge >= 0.3 is 5.97 Å². The van der Waals surface area contributed by atoms with Gasteiger partial charge in [0.2, 0.25) is 53.2 Å². The standard InChI is InChI=1S/C57H66N10O13/c1-35(51(73)59-32-49(71)63-46(57(79)80)30-39-20-12-5-13-21-39)61-53(75)43(27-37-16-8-3-9-17-37)65-54(76)44(28-38-18-10-4-11-19-38)66-55(77)45(29-40-22-24-41(69)25-23-40)67-56(78)47(34-68)64-50(72)33-60-52(74)42(62-48(70)31-58)26-36-14-6-2-7-15-36/h2-25,35,42-47,68-69H,26-34,58H2,1H3,(H,59,73)(H,60,74)(H,61,75)(H,62,70)(H,63,71)(H,64,72)(H,65,76)(H,66,77)(H,67,78)(H,79,80)/t35-,42-,43-,44-,45-,46-,47-/m0/s1. The van der Waals surface area contributed by atoms with Gasteiger partial charge < -0.3 is 68.9 Å². The molecule has 0 aliphatic carbocycles. The molecule has 5 aromatic rings. The summed E-state index contributed by atoms with van der Waals surface area (Å²) in [7, 11) is 0. The Morgan fingerprint density at radius 2 is 0.700 bits per heavy atom. The van der Waals surface area contributed by atoms with Gasteiger partial charge in [0.05, 0.1) is 26.2 Å². The highest BCUT2D eigenvalue weighted by atomic mass is 16.4. The van der Waals surface area contributed by atoms with Gasteiger partial charge in [-0.25, -0.2) is 4.79 Å². The Bertz CT molecular complexity index is 2880. The van der Waals surface area contributed by atoms with Gasteiger partial charge in [0.1, 0.15) is 48.0 Å². The number of amides is 9. The summed E-state index contributed by atoms with van der Waals surface area (Å²) in [5, 5.41) is 52.5. The topological polar surface area (TPSA) is 366 Å². The molecule has 0 spiro atoms. The fourth-order valence-corrected chi connectivity index (χ4v) is 8.05. The molecule has 14 N–H and O–H groups in total. The number of carboxylic acids is 1. The molecule has 0 aliphatic heterocycles. The lowest BCUT2D eigenvalue weighted by atomic mass is 10.0. The number of aromatic hydroxyl groups is 1. The molecule has 23 nitrogen and oxygen atoms in total. The van der Waals surface area contributed by atoms with Crippen molar-refractivity contribution in [1.29, 1.82) is 0 Å². The number of aliphatic carboxylic acids is 1. The predicted octanol–water partition coefficient (Wildman–Crippen LogP) is -1.41. The Kier molecular flexibility index (Phi) is 24.3. The van der Waals surface area contributed by atoms with Crippen molar-refractivity contribution in [3.8, 4) is 5.75 Å². The first-order valence-electron chi connectivity index (χ1n) is 25.5. The van der Waals surface area contributed by atoms with E-state index in [0.29, 0.717) is 27.8 Å². The van der Waals surface area contributed by atoms with E-state index in [1.165, 1.54) is 31.2 Å². The Balaban J connectivity index is 1.29. The van der Waals surface area contributed by atoms with E-state index in [0.717, 1.165) is 0 Å². The molecule has 0 heterocycles. The monoisotopic (exact) mass is 1100 g/mol. The average molecular weight is 1100 g/mol. The molecule has 0 bridgehead atoms. The Morgan fingerprint density at radius 1 is 0.388 bits per heavy atom. The molecule has 80 heavy (non-hydrogen) atoms. The van der Waals surface area contributed by atoms with Crippen molar-refractivity contribution < 1.29 is 63.3 Å². The lowest BCUT2D eigenvalue weighted by molar-refractivity contribution is -0.141. The number of aliphatic hydroxyl groups is 1. The van der Waals surface area contributed by atoms with Crippen LogP contribution in [-0.4, -0.2) is 143 Å². The van der Waals surface area contributed by atoms with Gasteiger partial charge in [-0.2, -0.15) is 0 Å². The van der Waals surface area contributed by atoms with Crippen molar-refractivity contribution in [2.24, 2.45) is 5.73 Å². The quantitative estimate of drug-likeness (QED) is 0.0251. The number of nitrogens with one attached hydrogen (secondary N) is 9. The molecule has 0 saturated carbocycles. The van der Waals surface area contributed by atoms with Crippen molar-refractivity contribution in [2.45, 2.75) is 81.3 Å². The summed E-state index contributed by atoms with van der Waals surface area (Å²) in [6.07, 6.45) is -0.443. The third-order valence-electron chi connectivity index (χ3n) is 12.3. The highest BCUT2D eigenvalue weighted by molar-refractivity contribution is 5.98. The van der Waals surface area contributed by atoms with Gasteiger partial charge in [0, 0.05) is 32.1 Å². The van der Waals surface area contributed by atoms with Gasteiger partial charge in [-0.15, -0.1) is 0 Å². The maximum Gasteiger partial charge on any atom is 0.326 e. The molecule has 5 aromatic carbocycles. The first-order valence-corrected chi connectivity index (χ1v) is 25.5. The number of benzene rings is 5. The zero-order valence-corrected chi connectivity index (χ0v) is 43.8. The molecular weight excluding hydrogens is 1030 g/mol. The van der Waals surface area contributed by atoms with Crippen LogP contribution in [0.3, 0.4) is 0 Å².